The first-order valence-electron chi connectivity index (χ1n) is 7.19. The Hall–Kier alpha value is -1.57. The summed E-state index contributed by atoms with van der Waals surface area (Å²) in [7, 11) is 0. The largest absolute Gasteiger partial charge is 0.435 e. The Balaban J connectivity index is 1.85. The predicted octanol–water partition coefficient (Wildman–Crippen LogP) is 2.82. The fourth-order valence-electron chi connectivity index (χ4n) is 2.11. The standard InChI is InChI=1S/C14H19F3N4S/c1-2-6-18-13(22)19-7-3-8-21-11(10-4-5-10)9-12(20-21)14(15,16)17/h2,9-10H,1,3-8H2,(H2,18,19,22). The van der Waals surface area contributed by atoms with E-state index in [1.165, 1.54) is 10.7 Å². The highest BCUT2D eigenvalue weighted by molar-refractivity contribution is 7.80. The maximum Gasteiger partial charge on any atom is 0.435 e. The van der Waals surface area contributed by atoms with E-state index in [0.717, 1.165) is 12.8 Å². The van der Waals surface area contributed by atoms with Gasteiger partial charge in [0.25, 0.3) is 0 Å². The van der Waals surface area contributed by atoms with Crippen LogP contribution in [0, 0.1) is 0 Å². The highest BCUT2D eigenvalue weighted by atomic mass is 32.1. The van der Waals surface area contributed by atoms with Crippen molar-refractivity contribution >= 4 is 17.3 Å². The highest BCUT2D eigenvalue weighted by Crippen LogP contribution is 2.42. The van der Waals surface area contributed by atoms with Crippen molar-refractivity contribution in [2.24, 2.45) is 0 Å². The second-order valence-corrected chi connectivity index (χ2v) is 5.64. The van der Waals surface area contributed by atoms with Crippen LogP contribution in [0.4, 0.5) is 13.2 Å². The van der Waals surface area contributed by atoms with Crippen molar-refractivity contribution in [3.05, 3.63) is 30.1 Å². The number of rotatable bonds is 7. The number of nitrogens with zero attached hydrogens (tertiary/aromatic N) is 2. The van der Waals surface area contributed by atoms with Crippen LogP contribution in [-0.2, 0) is 12.7 Å². The van der Waals surface area contributed by atoms with E-state index < -0.39 is 11.9 Å². The van der Waals surface area contributed by atoms with Gasteiger partial charge in [-0.25, -0.2) is 0 Å². The van der Waals surface area contributed by atoms with Gasteiger partial charge in [0, 0.05) is 31.2 Å². The average Bonchev–Trinajstić information content (AvgIpc) is 3.20. The molecule has 0 amide bonds. The molecule has 0 saturated heterocycles. The van der Waals surface area contributed by atoms with Crippen molar-refractivity contribution in [3.63, 3.8) is 0 Å². The third-order valence-electron chi connectivity index (χ3n) is 3.34. The molecule has 1 aliphatic rings. The summed E-state index contributed by atoms with van der Waals surface area (Å²) in [4.78, 5) is 0. The molecule has 1 saturated carbocycles. The van der Waals surface area contributed by atoms with Crippen LogP contribution in [0.15, 0.2) is 18.7 Å². The van der Waals surface area contributed by atoms with Gasteiger partial charge < -0.3 is 10.6 Å². The number of hydrogen-bond acceptors (Lipinski definition) is 2. The zero-order valence-corrected chi connectivity index (χ0v) is 12.9. The lowest BCUT2D eigenvalue weighted by molar-refractivity contribution is -0.141. The van der Waals surface area contributed by atoms with E-state index in [2.05, 4.69) is 22.3 Å². The second kappa shape index (κ2) is 7.13. The number of hydrogen-bond donors (Lipinski definition) is 2. The molecule has 0 unspecified atom stereocenters. The summed E-state index contributed by atoms with van der Waals surface area (Å²) in [5.74, 6) is 0.229. The fourth-order valence-corrected chi connectivity index (χ4v) is 2.30. The molecule has 1 heterocycles. The predicted molar refractivity (Wildman–Crippen MR) is 82.6 cm³/mol. The minimum Gasteiger partial charge on any atom is -0.363 e. The summed E-state index contributed by atoms with van der Waals surface area (Å²) < 4.78 is 39.8. The van der Waals surface area contributed by atoms with Crippen molar-refractivity contribution in [3.8, 4) is 0 Å². The third-order valence-corrected chi connectivity index (χ3v) is 3.63. The average molecular weight is 332 g/mol. The van der Waals surface area contributed by atoms with Crippen molar-refractivity contribution < 1.29 is 13.2 Å². The molecule has 1 aliphatic carbocycles. The van der Waals surface area contributed by atoms with E-state index in [1.54, 1.807) is 6.08 Å². The first-order valence-corrected chi connectivity index (χ1v) is 7.60. The number of halogens is 3. The third kappa shape index (κ3) is 4.72. The molecule has 2 N–H and O–H groups in total. The summed E-state index contributed by atoms with van der Waals surface area (Å²) in [5, 5.41) is 10.1. The molecule has 0 bridgehead atoms. The maximum atomic E-state index is 12.8. The van der Waals surface area contributed by atoms with Gasteiger partial charge in [0.2, 0.25) is 0 Å². The maximum absolute atomic E-state index is 12.8. The first-order chi connectivity index (χ1) is 10.4. The Labute approximate surface area is 132 Å². The van der Waals surface area contributed by atoms with Crippen molar-refractivity contribution in [2.75, 3.05) is 13.1 Å². The minimum atomic E-state index is -4.39. The smallest absolute Gasteiger partial charge is 0.363 e. The molecule has 0 atom stereocenters. The zero-order valence-electron chi connectivity index (χ0n) is 12.1. The number of aryl methyl sites for hydroxylation is 1. The molecule has 0 aromatic carbocycles. The SMILES string of the molecule is C=CCNC(=S)NCCCn1nc(C(F)(F)F)cc1C1CC1. The molecule has 2 rings (SSSR count). The van der Waals surface area contributed by atoms with Crippen LogP contribution in [0.3, 0.4) is 0 Å². The van der Waals surface area contributed by atoms with Gasteiger partial charge in [0.15, 0.2) is 10.8 Å². The van der Waals surface area contributed by atoms with E-state index in [0.29, 0.717) is 36.9 Å². The van der Waals surface area contributed by atoms with Crippen LogP contribution in [0.5, 0.6) is 0 Å². The Bertz CT molecular complexity index is 535. The Kier molecular flexibility index (Phi) is 5.44. The summed E-state index contributed by atoms with van der Waals surface area (Å²) in [6.45, 7) is 5.17. The topological polar surface area (TPSA) is 41.9 Å². The normalized spacial score (nSPS) is 14.7. The number of nitrogens with one attached hydrogen (secondary N) is 2. The molecular formula is C14H19F3N4S. The van der Waals surface area contributed by atoms with E-state index in [-0.39, 0.29) is 5.92 Å². The van der Waals surface area contributed by atoms with Gasteiger partial charge in [-0.2, -0.15) is 18.3 Å². The monoisotopic (exact) mass is 332 g/mol. The minimum absolute atomic E-state index is 0.229. The van der Waals surface area contributed by atoms with Gasteiger partial charge >= 0.3 is 6.18 Å². The summed E-state index contributed by atoms with van der Waals surface area (Å²) >= 11 is 5.04. The van der Waals surface area contributed by atoms with Gasteiger partial charge in [0.1, 0.15) is 0 Å². The fraction of sp³-hybridized carbons (Fsp3) is 0.571. The lowest BCUT2D eigenvalue weighted by Crippen LogP contribution is -2.36. The summed E-state index contributed by atoms with van der Waals surface area (Å²) in [6, 6.07) is 1.18. The lowest BCUT2D eigenvalue weighted by atomic mass is 10.2. The van der Waals surface area contributed by atoms with Crippen LogP contribution in [0.1, 0.15) is 36.6 Å². The van der Waals surface area contributed by atoms with Crippen LogP contribution in [0.25, 0.3) is 0 Å². The Morgan fingerprint density at radius 1 is 1.45 bits per heavy atom. The lowest BCUT2D eigenvalue weighted by Gasteiger charge is -2.10. The second-order valence-electron chi connectivity index (χ2n) is 5.23. The number of thiocarbonyl (C=S) groups is 1. The highest BCUT2D eigenvalue weighted by Gasteiger charge is 2.37. The van der Waals surface area contributed by atoms with Gasteiger partial charge in [-0.05, 0) is 37.5 Å². The number of alkyl halides is 3. The Morgan fingerprint density at radius 3 is 2.77 bits per heavy atom. The molecule has 8 heteroatoms. The van der Waals surface area contributed by atoms with Crippen molar-refractivity contribution in [2.45, 2.75) is 37.9 Å². The molecule has 4 nitrogen and oxygen atoms in total. The van der Waals surface area contributed by atoms with Gasteiger partial charge in [0.05, 0.1) is 0 Å². The van der Waals surface area contributed by atoms with Crippen LogP contribution >= 0.6 is 12.2 Å². The van der Waals surface area contributed by atoms with Gasteiger partial charge in [-0.15, -0.1) is 6.58 Å². The van der Waals surface area contributed by atoms with E-state index in [9.17, 15) is 13.2 Å². The van der Waals surface area contributed by atoms with E-state index >= 15 is 0 Å². The Morgan fingerprint density at radius 2 is 2.18 bits per heavy atom. The van der Waals surface area contributed by atoms with Crippen LogP contribution in [0.2, 0.25) is 0 Å². The van der Waals surface area contributed by atoms with Crippen LogP contribution in [-0.4, -0.2) is 28.0 Å². The van der Waals surface area contributed by atoms with Gasteiger partial charge in [-0.1, -0.05) is 6.08 Å². The molecule has 122 valence electrons. The van der Waals surface area contributed by atoms with E-state index in [4.69, 9.17) is 12.2 Å². The quantitative estimate of drug-likeness (QED) is 0.458. The summed E-state index contributed by atoms with van der Waals surface area (Å²) in [6.07, 6.45) is -0.163. The van der Waals surface area contributed by atoms with Gasteiger partial charge in [-0.3, -0.25) is 4.68 Å². The molecule has 0 radical (unpaired) electrons. The molecule has 1 fully saturated rings. The van der Waals surface area contributed by atoms with Crippen LogP contribution < -0.4 is 10.6 Å². The van der Waals surface area contributed by atoms with E-state index in [1.807, 2.05) is 0 Å². The molecular weight excluding hydrogens is 313 g/mol. The first kappa shape index (κ1) is 16.8. The molecule has 0 spiro atoms. The number of aromatic nitrogens is 2. The molecule has 22 heavy (non-hydrogen) atoms. The van der Waals surface area contributed by atoms with Crippen molar-refractivity contribution in [1.29, 1.82) is 0 Å². The molecule has 0 aliphatic heterocycles. The summed E-state index contributed by atoms with van der Waals surface area (Å²) in [5.41, 5.74) is -0.106. The molecule has 1 aromatic rings. The van der Waals surface area contributed by atoms with Crippen molar-refractivity contribution in [1.82, 2.24) is 20.4 Å². The zero-order chi connectivity index (χ0) is 16.2. The molecule has 1 aromatic heterocycles.